The summed E-state index contributed by atoms with van der Waals surface area (Å²) in [5.41, 5.74) is 3.54. The Morgan fingerprint density at radius 3 is 2.54 bits per heavy atom. The van der Waals surface area contributed by atoms with Crippen LogP contribution in [-0.2, 0) is 14.8 Å². The van der Waals surface area contributed by atoms with Crippen molar-refractivity contribution in [2.24, 2.45) is 5.10 Å². The lowest BCUT2D eigenvalue weighted by molar-refractivity contribution is -0.121. The van der Waals surface area contributed by atoms with E-state index in [1.165, 1.54) is 13.1 Å². The van der Waals surface area contributed by atoms with E-state index in [0.29, 0.717) is 18.0 Å². The van der Waals surface area contributed by atoms with E-state index in [0.717, 1.165) is 20.6 Å². The molecule has 2 aromatic rings. The molecule has 1 atom stereocenters. The second-order valence-corrected chi connectivity index (χ2v) is 8.73. The van der Waals surface area contributed by atoms with Crippen molar-refractivity contribution < 1.29 is 17.9 Å². The second-order valence-electron chi connectivity index (χ2n) is 5.95. The van der Waals surface area contributed by atoms with Gasteiger partial charge in [0.1, 0.15) is 11.8 Å². The summed E-state index contributed by atoms with van der Waals surface area (Å²) >= 11 is 3.36. The monoisotopic (exact) mass is 467 g/mol. The fraction of sp³-hybridized carbons (Fsp3) is 0.263. The van der Waals surface area contributed by atoms with Crippen molar-refractivity contribution in [3.05, 3.63) is 58.6 Å². The fourth-order valence-electron chi connectivity index (χ4n) is 2.52. The van der Waals surface area contributed by atoms with Crippen molar-refractivity contribution in [1.29, 1.82) is 0 Å². The summed E-state index contributed by atoms with van der Waals surface area (Å²) in [5, 5.41) is 3.91. The van der Waals surface area contributed by atoms with Gasteiger partial charge in [0.25, 0.3) is 5.91 Å². The molecule has 0 fully saturated rings. The molecule has 1 N–H and O–H groups in total. The molecule has 0 aliphatic heterocycles. The molecule has 1 amide bonds. The van der Waals surface area contributed by atoms with Crippen LogP contribution in [0.3, 0.4) is 0 Å². The van der Waals surface area contributed by atoms with Crippen LogP contribution < -0.4 is 14.5 Å². The quantitative estimate of drug-likeness (QED) is 0.476. The highest BCUT2D eigenvalue weighted by Gasteiger charge is 2.29. The van der Waals surface area contributed by atoms with Gasteiger partial charge in [0.05, 0.1) is 24.8 Å². The maximum Gasteiger partial charge on any atom is 0.263 e. The van der Waals surface area contributed by atoms with Gasteiger partial charge in [0.15, 0.2) is 0 Å². The Bertz CT molecular complexity index is 946. The third-order valence-electron chi connectivity index (χ3n) is 3.73. The summed E-state index contributed by atoms with van der Waals surface area (Å²) in [4.78, 5) is 12.5. The van der Waals surface area contributed by atoms with Crippen LogP contribution in [0.5, 0.6) is 5.75 Å². The zero-order chi connectivity index (χ0) is 20.7. The topological polar surface area (TPSA) is 88.1 Å². The number of carbonyl (C=O) groups is 1. The molecule has 9 heteroatoms. The molecule has 0 heterocycles. The zero-order valence-electron chi connectivity index (χ0n) is 15.8. The van der Waals surface area contributed by atoms with Crippen molar-refractivity contribution in [3.63, 3.8) is 0 Å². The lowest BCUT2D eigenvalue weighted by atomic mass is 10.2. The third-order valence-corrected chi connectivity index (χ3v) is 5.46. The lowest BCUT2D eigenvalue weighted by Crippen LogP contribution is -2.46. The number of anilines is 1. The number of ether oxygens (including phenoxy) is 1. The van der Waals surface area contributed by atoms with E-state index in [9.17, 15) is 13.2 Å². The Morgan fingerprint density at radius 1 is 1.29 bits per heavy atom. The van der Waals surface area contributed by atoms with Gasteiger partial charge in [-0.15, -0.1) is 0 Å². The molecule has 2 aromatic carbocycles. The van der Waals surface area contributed by atoms with Gasteiger partial charge >= 0.3 is 0 Å². The SMILES string of the molecule is CCOc1ccc(N([C@H](C)C(=O)N/N=C\c2cccc(Br)c2)S(C)(=O)=O)cc1. The van der Waals surface area contributed by atoms with Gasteiger partial charge in [-0.3, -0.25) is 9.10 Å². The van der Waals surface area contributed by atoms with Crippen LogP contribution in [0.2, 0.25) is 0 Å². The number of rotatable bonds is 8. The second kappa shape index (κ2) is 9.70. The van der Waals surface area contributed by atoms with Crippen molar-refractivity contribution in [1.82, 2.24) is 5.43 Å². The summed E-state index contributed by atoms with van der Waals surface area (Å²) in [6.07, 6.45) is 2.54. The standard InChI is InChI=1S/C19H22BrN3O4S/c1-4-27-18-10-8-17(9-11-18)23(28(3,25)26)14(2)19(24)22-21-13-15-6-5-7-16(20)12-15/h5-14H,4H2,1-3H3,(H,22,24)/b21-13-/t14-/m1/s1. The predicted octanol–water partition coefficient (Wildman–Crippen LogP) is 3.15. The van der Waals surface area contributed by atoms with Gasteiger partial charge in [-0.25, -0.2) is 13.8 Å². The molecule has 0 saturated carbocycles. The highest BCUT2D eigenvalue weighted by atomic mass is 79.9. The summed E-state index contributed by atoms with van der Waals surface area (Å²) < 4.78 is 31.9. The molecule has 2 rings (SSSR count). The number of hydrogen-bond donors (Lipinski definition) is 1. The molecule has 7 nitrogen and oxygen atoms in total. The number of nitrogens with zero attached hydrogens (tertiary/aromatic N) is 2. The summed E-state index contributed by atoms with van der Waals surface area (Å²) in [7, 11) is -3.70. The summed E-state index contributed by atoms with van der Waals surface area (Å²) in [6.45, 7) is 3.86. The van der Waals surface area contributed by atoms with Gasteiger partial charge < -0.3 is 4.74 Å². The van der Waals surface area contributed by atoms with Crippen molar-refractivity contribution in [2.75, 3.05) is 17.2 Å². The van der Waals surface area contributed by atoms with Crippen LogP contribution in [0.4, 0.5) is 5.69 Å². The molecule has 0 aliphatic rings. The minimum atomic E-state index is -3.70. The van der Waals surface area contributed by atoms with Gasteiger partial charge in [-0.2, -0.15) is 5.10 Å². The van der Waals surface area contributed by atoms with Gasteiger partial charge in [0.2, 0.25) is 10.0 Å². The van der Waals surface area contributed by atoms with E-state index in [-0.39, 0.29) is 0 Å². The normalized spacial score (nSPS) is 12.6. The Hall–Kier alpha value is -2.39. The number of hydrazone groups is 1. The number of amides is 1. The van der Waals surface area contributed by atoms with Crippen LogP contribution in [0.1, 0.15) is 19.4 Å². The molecular formula is C19H22BrN3O4S. The molecule has 0 unspecified atom stereocenters. The molecular weight excluding hydrogens is 446 g/mol. The number of hydrogen-bond acceptors (Lipinski definition) is 5. The molecule has 0 bridgehead atoms. The molecule has 0 spiro atoms. The Morgan fingerprint density at radius 2 is 1.96 bits per heavy atom. The minimum absolute atomic E-state index is 0.365. The first kappa shape index (κ1) is 21.9. The van der Waals surface area contributed by atoms with Crippen molar-refractivity contribution >= 4 is 43.8 Å². The van der Waals surface area contributed by atoms with E-state index >= 15 is 0 Å². The van der Waals surface area contributed by atoms with E-state index in [1.807, 2.05) is 31.2 Å². The lowest BCUT2D eigenvalue weighted by Gasteiger charge is -2.27. The number of sulfonamides is 1. The Balaban J connectivity index is 2.15. The molecule has 0 saturated heterocycles. The largest absolute Gasteiger partial charge is 0.494 e. The first-order valence-electron chi connectivity index (χ1n) is 8.53. The van der Waals surface area contributed by atoms with Crippen molar-refractivity contribution in [2.45, 2.75) is 19.9 Å². The van der Waals surface area contributed by atoms with Crippen LogP contribution in [0.25, 0.3) is 0 Å². The number of benzene rings is 2. The van der Waals surface area contributed by atoms with Crippen LogP contribution in [-0.4, -0.2) is 39.4 Å². The van der Waals surface area contributed by atoms with Gasteiger partial charge in [-0.1, -0.05) is 28.1 Å². The Labute approximate surface area is 173 Å². The fourth-order valence-corrected chi connectivity index (χ4v) is 4.11. The number of halogens is 1. The number of carbonyl (C=O) groups excluding carboxylic acids is 1. The first-order valence-corrected chi connectivity index (χ1v) is 11.2. The van der Waals surface area contributed by atoms with E-state index in [2.05, 4.69) is 26.5 Å². The maximum atomic E-state index is 12.5. The van der Waals surface area contributed by atoms with E-state index in [1.54, 1.807) is 24.3 Å². The zero-order valence-corrected chi connectivity index (χ0v) is 18.2. The molecule has 0 radical (unpaired) electrons. The van der Waals surface area contributed by atoms with Crippen molar-refractivity contribution in [3.8, 4) is 5.75 Å². The Kier molecular flexibility index (Phi) is 7.59. The molecule has 0 aromatic heterocycles. The summed E-state index contributed by atoms with van der Waals surface area (Å²) in [5.74, 6) is 0.0704. The van der Waals surface area contributed by atoms with Crippen LogP contribution in [0.15, 0.2) is 58.1 Å². The number of nitrogens with one attached hydrogen (secondary N) is 1. The van der Waals surface area contributed by atoms with Gasteiger partial charge in [0, 0.05) is 4.47 Å². The average molecular weight is 468 g/mol. The van der Waals surface area contributed by atoms with Gasteiger partial charge in [-0.05, 0) is 55.8 Å². The highest BCUT2D eigenvalue weighted by Crippen LogP contribution is 2.24. The van der Waals surface area contributed by atoms with Crippen LogP contribution >= 0.6 is 15.9 Å². The summed E-state index contributed by atoms with van der Waals surface area (Å²) in [6, 6.07) is 12.9. The minimum Gasteiger partial charge on any atom is -0.494 e. The molecule has 150 valence electrons. The maximum absolute atomic E-state index is 12.5. The molecule has 0 aliphatic carbocycles. The predicted molar refractivity (Wildman–Crippen MR) is 114 cm³/mol. The first-order chi connectivity index (χ1) is 13.2. The van der Waals surface area contributed by atoms with E-state index < -0.39 is 22.0 Å². The molecule has 28 heavy (non-hydrogen) atoms. The smallest absolute Gasteiger partial charge is 0.263 e. The van der Waals surface area contributed by atoms with E-state index in [4.69, 9.17) is 4.74 Å². The third kappa shape index (κ3) is 6.07. The van der Waals surface area contributed by atoms with Crippen LogP contribution in [0, 0.1) is 0 Å². The average Bonchev–Trinajstić information content (AvgIpc) is 2.62. The highest BCUT2D eigenvalue weighted by molar-refractivity contribution is 9.10.